The molecule has 3 nitrogen and oxygen atoms in total. The van der Waals surface area contributed by atoms with Crippen molar-refractivity contribution in [3.05, 3.63) is 53.6 Å². The highest BCUT2D eigenvalue weighted by atomic mass is 16.5. The number of hydrogen-bond donors (Lipinski definition) is 1. The zero-order valence-corrected chi connectivity index (χ0v) is 11.9. The number of phenolic OH excluding ortho intramolecular Hbond substituents is 1. The van der Waals surface area contributed by atoms with Gasteiger partial charge in [-0.1, -0.05) is 18.2 Å². The molecule has 0 aliphatic heterocycles. The molecule has 0 bridgehead atoms. The lowest BCUT2D eigenvalue weighted by Crippen LogP contribution is -1.94. The van der Waals surface area contributed by atoms with Crippen LogP contribution in [0, 0.1) is 0 Å². The third-order valence-electron chi connectivity index (χ3n) is 3.29. The maximum atomic E-state index is 9.42. The summed E-state index contributed by atoms with van der Waals surface area (Å²) in [6.45, 7) is 0. The summed E-state index contributed by atoms with van der Waals surface area (Å²) in [5.41, 5.74) is 2.38. The van der Waals surface area contributed by atoms with Crippen molar-refractivity contribution in [2.45, 2.75) is 19.3 Å². The zero-order chi connectivity index (χ0) is 14.4. The van der Waals surface area contributed by atoms with E-state index < -0.39 is 0 Å². The minimum absolute atomic E-state index is 0.327. The Balaban J connectivity index is 1.94. The van der Waals surface area contributed by atoms with Gasteiger partial charge >= 0.3 is 0 Å². The first-order valence-electron chi connectivity index (χ1n) is 6.71. The summed E-state index contributed by atoms with van der Waals surface area (Å²) in [7, 11) is 3.29. The average Bonchev–Trinajstić information content (AvgIpc) is 2.47. The monoisotopic (exact) mass is 272 g/mol. The van der Waals surface area contributed by atoms with Gasteiger partial charge < -0.3 is 14.6 Å². The smallest absolute Gasteiger partial charge is 0.160 e. The molecule has 2 rings (SSSR count). The van der Waals surface area contributed by atoms with E-state index in [0.717, 1.165) is 36.3 Å². The number of hydrogen-bond acceptors (Lipinski definition) is 3. The van der Waals surface area contributed by atoms with Crippen molar-refractivity contribution in [1.29, 1.82) is 0 Å². The second kappa shape index (κ2) is 6.85. The number of rotatable bonds is 6. The van der Waals surface area contributed by atoms with E-state index >= 15 is 0 Å². The molecule has 0 radical (unpaired) electrons. The summed E-state index contributed by atoms with van der Waals surface area (Å²) in [6, 6.07) is 13.4. The van der Waals surface area contributed by atoms with Crippen molar-refractivity contribution in [3.8, 4) is 17.2 Å². The molecule has 0 amide bonds. The van der Waals surface area contributed by atoms with Gasteiger partial charge in [0.05, 0.1) is 14.2 Å². The predicted molar refractivity (Wildman–Crippen MR) is 79.7 cm³/mol. The minimum Gasteiger partial charge on any atom is -0.508 e. The van der Waals surface area contributed by atoms with E-state index in [2.05, 4.69) is 6.07 Å². The molecule has 0 atom stereocenters. The molecule has 1 N–H and O–H groups in total. The maximum Gasteiger partial charge on any atom is 0.160 e. The van der Waals surface area contributed by atoms with Crippen LogP contribution in [0.3, 0.4) is 0 Å². The Bertz CT molecular complexity index is 564. The third-order valence-corrected chi connectivity index (χ3v) is 3.29. The molecule has 2 aromatic rings. The Morgan fingerprint density at radius 1 is 0.850 bits per heavy atom. The quantitative estimate of drug-likeness (QED) is 0.873. The lowest BCUT2D eigenvalue weighted by Gasteiger charge is -2.09. The summed E-state index contributed by atoms with van der Waals surface area (Å²) in [5.74, 6) is 1.85. The van der Waals surface area contributed by atoms with Crippen molar-refractivity contribution < 1.29 is 14.6 Å². The van der Waals surface area contributed by atoms with Gasteiger partial charge in [0.1, 0.15) is 5.75 Å². The molecule has 0 spiro atoms. The van der Waals surface area contributed by atoms with Crippen molar-refractivity contribution in [2.24, 2.45) is 0 Å². The van der Waals surface area contributed by atoms with Crippen molar-refractivity contribution in [1.82, 2.24) is 0 Å². The summed E-state index contributed by atoms with van der Waals surface area (Å²) in [5, 5.41) is 9.42. The average molecular weight is 272 g/mol. The standard InChI is InChI=1S/C17H20O3/c1-19-16-10-9-14(12-17(16)20-2)6-3-5-13-7-4-8-15(18)11-13/h4,7-12,18H,3,5-6H2,1-2H3. The molecule has 0 aliphatic carbocycles. The molecular formula is C17H20O3. The van der Waals surface area contributed by atoms with E-state index in [1.165, 1.54) is 5.56 Å². The number of methoxy groups -OCH3 is 2. The number of aryl methyl sites for hydroxylation is 2. The molecule has 0 aliphatic rings. The van der Waals surface area contributed by atoms with Gasteiger partial charge in [0.15, 0.2) is 11.5 Å². The maximum absolute atomic E-state index is 9.42. The number of ether oxygens (including phenoxy) is 2. The molecular weight excluding hydrogens is 252 g/mol. The van der Waals surface area contributed by atoms with Crippen LogP contribution in [-0.4, -0.2) is 19.3 Å². The van der Waals surface area contributed by atoms with E-state index in [9.17, 15) is 5.11 Å². The lowest BCUT2D eigenvalue weighted by atomic mass is 10.0. The predicted octanol–water partition coefficient (Wildman–Crippen LogP) is 3.58. The SMILES string of the molecule is COc1ccc(CCCc2cccc(O)c2)cc1OC. The van der Waals surface area contributed by atoms with Crippen LogP contribution in [0.4, 0.5) is 0 Å². The van der Waals surface area contributed by atoms with Crippen LogP contribution in [-0.2, 0) is 12.8 Å². The Kier molecular flexibility index (Phi) is 4.88. The molecule has 0 saturated carbocycles. The molecule has 106 valence electrons. The molecule has 0 heterocycles. The van der Waals surface area contributed by atoms with Gasteiger partial charge in [0, 0.05) is 0 Å². The topological polar surface area (TPSA) is 38.7 Å². The number of phenols is 1. The number of benzene rings is 2. The fourth-order valence-electron chi connectivity index (χ4n) is 2.24. The van der Waals surface area contributed by atoms with E-state index in [-0.39, 0.29) is 0 Å². The third kappa shape index (κ3) is 3.67. The second-order valence-electron chi connectivity index (χ2n) is 4.71. The lowest BCUT2D eigenvalue weighted by molar-refractivity contribution is 0.354. The summed E-state index contributed by atoms with van der Waals surface area (Å²) < 4.78 is 10.5. The fourth-order valence-corrected chi connectivity index (χ4v) is 2.24. The summed E-state index contributed by atoms with van der Waals surface area (Å²) in [4.78, 5) is 0. The molecule has 0 fully saturated rings. The number of aromatic hydroxyl groups is 1. The Labute approximate surface area is 119 Å². The Morgan fingerprint density at radius 3 is 2.20 bits per heavy atom. The fraction of sp³-hybridized carbons (Fsp3) is 0.294. The van der Waals surface area contributed by atoms with Crippen molar-refractivity contribution >= 4 is 0 Å². The normalized spacial score (nSPS) is 10.3. The van der Waals surface area contributed by atoms with E-state index in [1.54, 1.807) is 20.3 Å². The van der Waals surface area contributed by atoms with Gasteiger partial charge in [-0.25, -0.2) is 0 Å². The van der Waals surface area contributed by atoms with Gasteiger partial charge in [-0.15, -0.1) is 0 Å². The highest BCUT2D eigenvalue weighted by molar-refractivity contribution is 5.42. The molecule has 2 aromatic carbocycles. The van der Waals surface area contributed by atoms with Crippen LogP contribution >= 0.6 is 0 Å². The highest BCUT2D eigenvalue weighted by Gasteiger charge is 2.04. The van der Waals surface area contributed by atoms with E-state index in [1.807, 2.05) is 30.3 Å². The molecule has 3 heteroatoms. The zero-order valence-electron chi connectivity index (χ0n) is 11.9. The highest BCUT2D eigenvalue weighted by Crippen LogP contribution is 2.28. The van der Waals surface area contributed by atoms with Crippen LogP contribution < -0.4 is 9.47 Å². The van der Waals surface area contributed by atoms with Crippen LogP contribution in [0.25, 0.3) is 0 Å². The summed E-state index contributed by atoms with van der Waals surface area (Å²) >= 11 is 0. The van der Waals surface area contributed by atoms with Gasteiger partial charge in [-0.05, 0) is 54.7 Å². The van der Waals surface area contributed by atoms with Gasteiger partial charge in [-0.3, -0.25) is 0 Å². The van der Waals surface area contributed by atoms with Crippen LogP contribution in [0.5, 0.6) is 17.2 Å². The van der Waals surface area contributed by atoms with E-state index in [4.69, 9.17) is 9.47 Å². The van der Waals surface area contributed by atoms with Gasteiger partial charge in [0.2, 0.25) is 0 Å². The molecule has 20 heavy (non-hydrogen) atoms. The van der Waals surface area contributed by atoms with Crippen LogP contribution in [0.15, 0.2) is 42.5 Å². The van der Waals surface area contributed by atoms with Crippen LogP contribution in [0.2, 0.25) is 0 Å². The molecule has 0 unspecified atom stereocenters. The first-order valence-corrected chi connectivity index (χ1v) is 6.71. The first kappa shape index (κ1) is 14.3. The van der Waals surface area contributed by atoms with Crippen molar-refractivity contribution in [2.75, 3.05) is 14.2 Å². The first-order chi connectivity index (χ1) is 9.72. The Morgan fingerprint density at radius 2 is 1.55 bits per heavy atom. The minimum atomic E-state index is 0.327. The van der Waals surface area contributed by atoms with Crippen LogP contribution in [0.1, 0.15) is 17.5 Å². The molecule has 0 aromatic heterocycles. The Hall–Kier alpha value is -2.16. The van der Waals surface area contributed by atoms with Crippen molar-refractivity contribution in [3.63, 3.8) is 0 Å². The van der Waals surface area contributed by atoms with Gasteiger partial charge in [0.25, 0.3) is 0 Å². The molecule has 0 saturated heterocycles. The van der Waals surface area contributed by atoms with Gasteiger partial charge in [-0.2, -0.15) is 0 Å². The second-order valence-corrected chi connectivity index (χ2v) is 4.71. The summed E-state index contributed by atoms with van der Waals surface area (Å²) in [6.07, 6.45) is 2.94. The van der Waals surface area contributed by atoms with E-state index in [0.29, 0.717) is 5.75 Å². The largest absolute Gasteiger partial charge is 0.508 e.